The molecule has 1 aromatic rings. The molecule has 0 radical (unpaired) electrons. The third-order valence-corrected chi connectivity index (χ3v) is 4.99. The topological polar surface area (TPSA) is 66.5 Å². The van der Waals surface area contributed by atoms with Crippen LogP contribution in [0.25, 0.3) is 0 Å². The second-order valence-electron chi connectivity index (χ2n) is 4.69. The minimum absolute atomic E-state index is 0.0506. The number of benzene rings is 1. The van der Waals surface area contributed by atoms with Crippen LogP contribution < -0.4 is 4.72 Å². The first-order valence-electron chi connectivity index (χ1n) is 6.88. The van der Waals surface area contributed by atoms with Crippen molar-refractivity contribution in [3.05, 3.63) is 29.3 Å². The maximum absolute atomic E-state index is 12.1. The Morgan fingerprint density at radius 1 is 1.29 bits per heavy atom. The van der Waals surface area contributed by atoms with E-state index in [0.717, 1.165) is 12.8 Å². The van der Waals surface area contributed by atoms with Gasteiger partial charge in [-0.05, 0) is 18.6 Å². The van der Waals surface area contributed by atoms with Gasteiger partial charge in [0.25, 0.3) is 0 Å². The number of sulfonamides is 1. The van der Waals surface area contributed by atoms with Gasteiger partial charge in [-0.25, -0.2) is 13.1 Å². The van der Waals surface area contributed by atoms with Crippen LogP contribution in [0.2, 0.25) is 5.02 Å². The van der Waals surface area contributed by atoms with Crippen LogP contribution in [0.3, 0.4) is 0 Å². The second-order valence-corrected chi connectivity index (χ2v) is 6.83. The van der Waals surface area contributed by atoms with E-state index < -0.39 is 10.0 Å². The Bertz CT molecular complexity index is 575. The van der Waals surface area contributed by atoms with E-state index in [1.807, 2.05) is 6.92 Å². The van der Waals surface area contributed by atoms with E-state index in [4.69, 9.17) is 11.6 Å². The highest BCUT2D eigenvalue weighted by Crippen LogP contribution is 2.19. The summed E-state index contributed by atoms with van der Waals surface area (Å²) in [5, 5.41) is 0.180. The number of unbranched alkanes of at least 4 members (excludes halogenated alkanes) is 1. The first kappa shape index (κ1) is 17.9. The molecule has 1 rings (SSSR count). The third kappa shape index (κ3) is 5.65. The molecule has 0 unspecified atom stereocenters. The van der Waals surface area contributed by atoms with Gasteiger partial charge in [-0.1, -0.05) is 37.1 Å². The quantitative estimate of drug-likeness (QED) is 0.794. The van der Waals surface area contributed by atoms with Gasteiger partial charge in [0.15, 0.2) is 0 Å². The van der Waals surface area contributed by atoms with Gasteiger partial charge < -0.3 is 4.90 Å². The zero-order chi connectivity index (χ0) is 15.9. The SMILES string of the molecule is CCCCN(CCNS(=O)(=O)c1ccccc1Cl)C(C)=O. The number of amides is 1. The Labute approximate surface area is 131 Å². The van der Waals surface area contributed by atoms with Crippen LogP contribution in [0, 0.1) is 0 Å². The van der Waals surface area contributed by atoms with Crippen molar-refractivity contribution < 1.29 is 13.2 Å². The minimum atomic E-state index is -3.65. The van der Waals surface area contributed by atoms with Gasteiger partial charge in [0, 0.05) is 26.6 Å². The highest BCUT2D eigenvalue weighted by molar-refractivity contribution is 7.89. The number of nitrogens with zero attached hydrogens (tertiary/aromatic N) is 1. The van der Waals surface area contributed by atoms with Crippen molar-refractivity contribution in [3.63, 3.8) is 0 Å². The van der Waals surface area contributed by atoms with Crippen molar-refractivity contribution in [1.82, 2.24) is 9.62 Å². The van der Waals surface area contributed by atoms with Crippen LogP contribution in [0.15, 0.2) is 29.2 Å². The smallest absolute Gasteiger partial charge is 0.242 e. The molecule has 0 aromatic heterocycles. The van der Waals surface area contributed by atoms with Crippen molar-refractivity contribution in [2.45, 2.75) is 31.6 Å². The van der Waals surface area contributed by atoms with Gasteiger partial charge in [-0.2, -0.15) is 0 Å². The molecule has 0 bridgehead atoms. The molecule has 0 fully saturated rings. The van der Waals surface area contributed by atoms with Crippen molar-refractivity contribution in [2.75, 3.05) is 19.6 Å². The normalized spacial score (nSPS) is 11.4. The summed E-state index contributed by atoms with van der Waals surface area (Å²) in [5.74, 6) is -0.0552. The number of rotatable bonds is 8. The highest BCUT2D eigenvalue weighted by atomic mass is 35.5. The number of hydrogen-bond donors (Lipinski definition) is 1. The zero-order valence-electron chi connectivity index (χ0n) is 12.3. The van der Waals surface area contributed by atoms with E-state index in [1.54, 1.807) is 17.0 Å². The van der Waals surface area contributed by atoms with E-state index in [2.05, 4.69) is 4.72 Å². The molecule has 1 N–H and O–H groups in total. The highest BCUT2D eigenvalue weighted by Gasteiger charge is 2.17. The van der Waals surface area contributed by atoms with Crippen molar-refractivity contribution in [3.8, 4) is 0 Å². The van der Waals surface area contributed by atoms with Gasteiger partial charge in [-0.15, -0.1) is 0 Å². The third-order valence-electron chi connectivity index (χ3n) is 3.03. The molecule has 1 amide bonds. The molecule has 0 saturated carbocycles. The number of halogens is 1. The summed E-state index contributed by atoms with van der Waals surface area (Å²) >= 11 is 5.89. The Morgan fingerprint density at radius 3 is 2.52 bits per heavy atom. The van der Waals surface area contributed by atoms with Crippen LogP contribution >= 0.6 is 11.6 Å². The molecule has 118 valence electrons. The monoisotopic (exact) mass is 332 g/mol. The molecular formula is C14H21ClN2O3S. The van der Waals surface area contributed by atoms with Crippen molar-refractivity contribution in [2.24, 2.45) is 0 Å². The number of hydrogen-bond acceptors (Lipinski definition) is 3. The Hall–Kier alpha value is -1.11. The fourth-order valence-electron chi connectivity index (χ4n) is 1.83. The average Bonchev–Trinajstić information content (AvgIpc) is 2.42. The molecule has 0 atom stereocenters. The summed E-state index contributed by atoms with van der Waals surface area (Å²) in [4.78, 5) is 13.1. The summed E-state index contributed by atoms with van der Waals surface area (Å²) in [6.07, 6.45) is 1.88. The lowest BCUT2D eigenvalue weighted by atomic mass is 10.3. The van der Waals surface area contributed by atoms with E-state index in [0.29, 0.717) is 13.1 Å². The summed E-state index contributed by atoms with van der Waals surface area (Å²) in [7, 11) is -3.65. The maximum Gasteiger partial charge on any atom is 0.242 e. The Balaban J connectivity index is 2.61. The molecule has 21 heavy (non-hydrogen) atoms. The molecule has 0 aliphatic heterocycles. The van der Waals surface area contributed by atoms with Crippen molar-refractivity contribution >= 4 is 27.5 Å². The zero-order valence-corrected chi connectivity index (χ0v) is 13.9. The maximum atomic E-state index is 12.1. The average molecular weight is 333 g/mol. The summed E-state index contributed by atoms with van der Waals surface area (Å²) in [6, 6.07) is 6.26. The van der Waals surface area contributed by atoms with E-state index >= 15 is 0 Å². The lowest BCUT2D eigenvalue weighted by Crippen LogP contribution is -2.38. The fraction of sp³-hybridized carbons (Fsp3) is 0.500. The van der Waals surface area contributed by atoms with Crippen LogP contribution in [0.4, 0.5) is 0 Å². The predicted octanol–water partition coefficient (Wildman–Crippen LogP) is 2.27. The van der Waals surface area contributed by atoms with Crippen LogP contribution in [0.1, 0.15) is 26.7 Å². The van der Waals surface area contributed by atoms with Crippen LogP contribution in [0.5, 0.6) is 0 Å². The van der Waals surface area contributed by atoms with E-state index in [-0.39, 0.29) is 22.4 Å². The van der Waals surface area contributed by atoms with Gasteiger partial charge in [0.1, 0.15) is 4.90 Å². The number of nitrogens with one attached hydrogen (secondary N) is 1. The fourth-order valence-corrected chi connectivity index (χ4v) is 3.37. The first-order chi connectivity index (χ1) is 9.88. The molecule has 5 nitrogen and oxygen atoms in total. The molecule has 7 heteroatoms. The number of carbonyl (C=O) groups is 1. The molecule has 1 aromatic carbocycles. The Morgan fingerprint density at radius 2 is 1.95 bits per heavy atom. The van der Waals surface area contributed by atoms with Gasteiger partial charge in [0.05, 0.1) is 5.02 Å². The standard InChI is InChI=1S/C14H21ClN2O3S/c1-3-4-10-17(12(2)18)11-9-16-21(19,20)14-8-6-5-7-13(14)15/h5-8,16H,3-4,9-11H2,1-2H3. The molecule has 0 saturated heterocycles. The summed E-state index contributed by atoms with van der Waals surface area (Å²) in [6.45, 7) is 4.67. The summed E-state index contributed by atoms with van der Waals surface area (Å²) in [5.41, 5.74) is 0. The van der Waals surface area contributed by atoms with Gasteiger partial charge >= 0.3 is 0 Å². The molecule has 0 spiro atoms. The van der Waals surface area contributed by atoms with Crippen LogP contribution in [-0.2, 0) is 14.8 Å². The first-order valence-corrected chi connectivity index (χ1v) is 8.74. The lowest BCUT2D eigenvalue weighted by Gasteiger charge is -2.21. The van der Waals surface area contributed by atoms with E-state index in [9.17, 15) is 13.2 Å². The van der Waals surface area contributed by atoms with Gasteiger partial charge in [0.2, 0.25) is 15.9 Å². The molecular weight excluding hydrogens is 312 g/mol. The minimum Gasteiger partial charge on any atom is -0.342 e. The summed E-state index contributed by atoms with van der Waals surface area (Å²) < 4.78 is 26.7. The molecule has 0 heterocycles. The largest absolute Gasteiger partial charge is 0.342 e. The second kappa shape index (κ2) is 8.36. The lowest BCUT2D eigenvalue weighted by molar-refractivity contribution is -0.128. The van der Waals surface area contributed by atoms with E-state index in [1.165, 1.54) is 19.1 Å². The van der Waals surface area contributed by atoms with Crippen LogP contribution in [-0.4, -0.2) is 38.9 Å². The van der Waals surface area contributed by atoms with Crippen molar-refractivity contribution in [1.29, 1.82) is 0 Å². The van der Waals surface area contributed by atoms with Gasteiger partial charge in [-0.3, -0.25) is 4.79 Å². The Kier molecular flexibility index (Phi) is 7.14. The molecule has 0 aliphatic rings. The molecule has 0 aliphatic carbocycles. The number of carbonyl (C=O) groups excluding carboxylic acids is 1. The predicted molar refractivity (Wildman–Crippen MR) is 83.8 cm³/mol.